The highest BCUT2D eigenvalue weighted by molar-refractivity contribution is 5.70. The molecule has 0 bridgehead atoms. The molecule has 2 aliphatic rings. The lowest BCUT2D eigenvalue weighted by Crippen LogP contribution is -2.53. The van der Waals surface area contributed by atoms with Gasteiger partial charge in [-0.25, -0.2) is 9.18 Å². The van der Waals surface area contributed by atoms with Crippen LogP contribution in [0.15, 0.2) is 24.3 Å². The Balaban J connectivity index is 1.79. The van der Waals surface area contributed by atoms with E-state index in [1.165, 1.54) is 31.4 Å². The van der Waals surface area contributed by atoms with Crippen LogP contribution in [-0.4, -0.2) is 46.5 Å². The average Bonchev–Trinajstić information content (AvgIpc) is 2.68. The third-order valence-corrected chi connectivity index (χ3v) is 6.24. The van der Waals surface area contributed by atoms with Gasteiger partial charge in [-0.2, -0.15) is 0 Å². The highest BCUT2D eigenvalue weighted by atomic mass is 19.1. The van der Waals surface area contributed by atoms with Crippen LogP contribution in [0.5, 0.6) is 0 Å². The van der Waals surface area contributed by atoms with Gasteiger partial charge in [-0.15, -0.1) is 0 Å². The summed E-state index contributed by atoms with van der Waals surface area (Å²) in [6, 6.07) is 5.95. The van der Waals surface area contributed by atoms with Crippen molar-refractivity contribution in [3.63, 3.8) is 0 Å². The standard InChI is InChI=1S/C21H30FNO4/c1-15(16-5-3-2-4-6-16)23-12-11-21(27-20(23)26,13-19(25)14-24)17-7-9-18(22)10-8-17/h7-10,15-16,19,24-25H,2-6,11-14H2,1H3/t15-,19-,21-/m0/s1. The molecule has 1 amide bonds. The summed E-state index contributed by atoms with van der Waals surface area (Å²) in [6.07, 6.45) is 5.14. The fraction of sp³-hybridized carbons (Fsp3) is 0.667. The molecule has 3 rings (SSSR count). The number of benzene rings is 1. The Kier molecular flexibility index (Phi) is 6.37. The molecule has 1 aliphatic heterocycles. The number of hydrogen-bond acceptors (Lipinski definition) is 4. The summed E-state index contributed by atoms with van der Waals surface area (Å²) in [5, 5.41) is 19.3. The minimum atomic E-state index is -1.05. The van der Waals surface area contributed by atoms with E-state index in [-0.39, 0.29) is 18.3 Å². The number of hydrogen-bond donors (Lipinski definition) is 2. The smallest absolute Gasteiger partial charge is 0.410 e. The van der Waals surface area contributed by atoms with Crippen molar-refractivity contribution in [2.45, 2.75) is 69.6 Å². The molecule has 1 heterocycles. The zero-order valence-electron chi connectivity index (χ0n) is 15.9. The summed E-state index contributed by atoms with van der Waals surface area (Å²) in [5.41, 5.74) is -0.398. The summed E-state index contributed by atoms with van der Waals surface area (Å²) in [5.74, 6) is 0.124. The molecule has 0 radical (unpaired) electrons. The molecular weight excluding hydrogens is 349 g/mol. The van der Waals surface area contributed by atoms with Crippen LogP contribution in [0, 0.1) is 11.7 Å². The Bertz CT molecular complexity index is 632. The second-order valence-corrected chi connectivity index (χ2v) is 7.99. The Labute approximate surface area is 160 Å². The Morgan fingerprint density at radius 2 is 1.93 bits per heavy atom. The Morgan fingerprint density at radius 3 is 2.52 bits per heavy atom. The lowest BCUT2D eigenvalue weighted by molar-refractivity contribution is -0.0929. The van der Waals surface area contributed by atoms with Gasteiger partial charge >= 0.3 is 6.09 Å². The monoisotopic (exact) mass is 379 g/mol. The highest BCUT2D eigenvalue weighted by Crippen LogP contribution is 2.40. The molecule has 2 N–H and O–H groups in total. The lowest BCUT2D eigenvalue weighted by atomic mass is 9.81. The van der Waals surface area contributed by atoms with Crippen LogP contribution in [-0.2, 0) is 10.3 Å². The van der Waals surface area contributed by atoms with Crippen molar-refractivity contribution >= 4 is 6.09 Å². The maximum absolute atomic E-state index is 13.4. The van der Waals surface area contributed by atoms with E-state index in [0.717, 1.165) is 12.8 Å². The van der Waals surface area contributed by atoms with Crippen LogP contribution >= 0.6 is 0 Å². The topological polar surface area (TPSA) is 70.0 Å². The van der Waals surface area contributed by atoms with Crippen molar-refractivity contribution < 1.29 is 24.1 Å². The van der Waals surface area contributed by atoms with Gasteiger partial charge in [0.15, 0.2) is 0 Å². The summed E-state index contributed by atoms with van der Waals surface area (Å²) < 4.78 is 19.2. The number of amides is 1. The van der Waals surface area contributed by atoms with Crippen molar-refractivity contribution in [3.05, 3.63) is 35.6 Å². The summed E-state index contributed by atoms with van der Waals surface area (Å²) >= 11 is 0. The maximum Gasteiger partial charge on any atom is 0.410 e. The molecule has 1 saturated carbocycles. The second-order valence-electron chi connectivity index (χ2n) is 7.99. The molecule has 0 spiro atoms. The molecule has 5 nitrogen and oxygen atoms in total. The summed E-state index contributed by atoms with van der Waals surface area (Å²) in [7, 11) is 0. The molecule has 1 aromatic carbocycles. The van der Waals surface area contributed by atoms with Crippen LogP contribution in [0.25, 0.3) is 0 Å². The van der Waals surface area contributed by atoms with E-state index < -0.39 is 24.4 Å². The fourth-order valence-electron chi connectivity index (χ4n) is 4.57. The predicted molar refractivity (Wildman–Crippen MR) is 99.6 cm³/mol. The van der Waals surface area contributed by atoms with E-state index in [4.69, 9.17) is 4.74 Å². The van der Waals surface area contributed by atoms with E-state index in [2.05, 4.69) is 6.92 Å². The number of rotatable bonds is 6. The first-order valence-corrected chi connectivity index (χ1v) is 10.00. The molecule has 1 saturated heterocycles. The molecule has 0 unspecified atom stereocenters. The number of carbonyl (C=O) groups excluding carboxylic acids is 1. The van der Waals surface area contributed by atoms with Crippen LogP contribution < -0.4 is 0 Å². The first-order valence-electron chi connectivity index (χ1n) is 10.00. The predicted octanol–water partition coefficient (Wildman–Crippen LogP) is 3.58. The minimum absolute atomic E-state index is 0.0898. The molecule has 0 aromatic heterocycles. The molecule has 6 heteroatoms. The number of cyclic esters (lactones) is 1. The van der Waals surface area contributed by atoms with Crippen molar-refractivity contribution in [3.8, 4) is 0 Å². The third kappa shape index (κ3) is 4.43. The quantitative estimate of drug-likeness (QED) is 0.793. The van der Waals surface area contributed by atoms with E-state index in [1.807, 2.05) is 0 Å². The van der Waals surface area contributed by atoms with Gasteiger partial charge in [0.25, 0.3) is 0 Å². The first-order chi connectivity index (χ1) is 12.9. The normalized spacial score (nSPS) is 26.5. The molecule has 150 valence electrons. The number of halogens is 1. The SMILES string of the molecule is C[C@@H](C1CCCCC1)N1CC[C@](C[C@H](O)CO)(c2ccc(F)cc2)OC1=O. The number of nitrogens with zero attached hydrogens (tertiary/aromatic N) is 1. The maximum atomic E-state index is 13.4. The van der Waals surface area contributed by atoms with Crippen LogP contribution in [0.2, 0.25) is 0 Å². The first kappa shape index (κ1) is 20.1. The molecule has 27 heavy (non-hydrogen) atoms. The largest absolute Gasteiger partial charge is 0.438 e. The van der Waals surface area contributed by atoms with Gasteiger partial charge in [0.1, 0.15) is 11.4 Å². The zero-order chi connectivity index (χ0) is 19.4. The van der Waals surface area contributed by atoms with E-state index in [0.29, 0.717) is 24.4 Å². The Hall–Kier alpha value is -1.66. The number of aliphatic hydroxyl groups is 2. The molecule has 1 aromatic rings. The van der Waals surface area contributed by atoms with E-state index in [1.54, 1.807) is 17.0 Å². The van der Waals surface area contributed by atoms with Crippen molar-refractivity contribution in [2.75, 3.05) is 13.2 Å². The van der Waals surface area contributed by atoms with Gasteiger partial charge in [0.2, 0.25) is 0 Å². The fourth-order valence-corrected chi connectivity index (χ4v) is 4.57. The average molecular weight is 379 g/mol. The van der Waals surface area contributed by atoms with Crippen LogP contribution in [0.1, 0.15) is 57.4 Å². The van der Waals surface area contributed by atoms with Gasteiger partial charge in [0.05, 0.1) is 12.7 Å². The van der Waals surface area contributed by atoms with E-state index in [9.17, 15) is 19.4 Å². The van der Waals surface area contributed by atoms with Crippen molar-refractivity contribution in [2.24, 2.45) is 5.92 Å². The molecule has 3 atom stereocenters. The van der Waals surface area contributed by atoms with Crippen LogP contribution in [0.3, 0.4) is 0 Å². The lowest BCUT2D eigenvalue weighted by Gasteiger charge is -2.46. The van der Waals surface area contributed by atoms with Gasteiger partial charge in [-0.1, -0.05) is 31.4 Å². The van der Waals surface area contributed by atoms with Crippen molar-refractivity contribution in [1.82, 2.24) is 4.90 Å². The Morgan fingerprint density at radius 1 is 1.26 bits per heavy atom. The van der Waals surface area contributed by atoms with Gasteiger partial charge in [-0.05, 0) is 43.4 Å². The van der Waals surface area contributed by atoms with Crippen LogP contribution in [0.4, 0.5) is 9.18 Å². The van der Waals surface area contributed by atoms with Gasteiger partial charge in [0, 0.05) is 25.4 Å². The minimum Gasteiger partial charge on any atom is -0.438 e. The summed E-state index contributed by atoms with van der Waals surface area (Å²) in [4.78, 5) is 14.7. The highest BCUT2D eigenvalue weighted by Gasteiger charge is 2.45. The molecular formula is C21H30FNO4. The van der Waals surface area contributed by atoms with E-state index >= 15 is 0 Å². The van der Waals surface area contributed by atoms with Crippen molar-refractivity contribution in [1.29, 1.82) is 0 Å². The third-order valence-electron chi connectivity index (χ3n) is 6.24. The zero-order valence-corrected chi connectivity index (χ0v) is 15.9. The number of ether oxygens (including phenoxy) is 1. The number of carbonyl (C=O) groups is 1. The summed E-state index contributed by atoms with van der Waals surface area (Å²) in [6.45, 7) is 2.19. The number of aliphatic hydroxyl groups excluding tert-OH is 2. The molecule has 2 fully saturated rings. The van der Waals surface area contributed by atoms with Gasteiger partial charge < -0.3 is 19.8 Å². The van der Waals surface area contributed by atoms with Gasteiger partial charge in [-0.3, -0.25) is 0 Å². The second kappa shape index (κ2) is 8.57. The molecule has 1 aliphatic carbocycles.